The van der Waals surface area contributed by atoms with Crippen LogP contribution in [-0.4, -0.2) is 22.2 Å². The number of rotatable bonds is 5. The number of hydrogen-bond donors (Lipinski definition) is 2. The van der Waals surface area contributed by atoms with Crippen molar-refractivity contribution in [3.8, 4) is 5.75 Å². The Labute approximate surface area is 127 Å². The second-order valence-corrected chi connectivity index (χ2v) is 4.57. The third kappa shape index (κ3) is 3.32. The summed E-state index contributed by atoms with van der Waals surface area (Å²) in [5, 5.41) is 10.0. The normalized spacial score (nSPS) is 10.3. The molecule has 3 aromatic rings. The largest absolute Gasteiger partial charge is 0.497 e. The molecule has 2 heterocycles. The molecular formula is C15H15N5O2. The third-order valence-electron chi connectivity index (χ3n) is 2.87. The maximum absolute atomic E-state index is 5.19. The second kappa shape index (κ2) is 6.13. The van der Waals surface area contributed by atoms with Crippen LogP contribution < -0.4 is 15.4 Å². The molecule has 0 unspecified atom stereocenters. The van der Waals surface area contributed by atoms with Gasteiger partial charge in [0.2, 0.25) is 5.95 Å². The van der Waals surface area contributed by atoms with Crippen LogP contribution in [0.25, 0.3) is 0 Å². The summed E-state index contributed by atoms with van der Waals surface area (Å²) in [4.78, 5) is 8.56. The first kappa shape index (κ1) is 13.9. The van der Waals surface area contributed by atoms with E-state index in [-0.39, 0.29) is 0 Å². The highest BCUT2D eigenvalue weighted by Crippen LogP contribution is 2.20. The Kier molecular flexibility index (Phi) is 3.86. The van der Waals surface area contributed by atoms with Gasteiger partial charge in [-0.1, -0.05) is 11.2 Å². The molecule has 3 rings (SSSR count). The lowest BCUT2D eigenvalue weighted by Crippen LogP contribution is -2.00. The predicted octanol–water partition coefficient (Wildman–Crippen LogP) is 3.27. The summed E-state index contributed by atoms with van der Waals surface area (Å²) in [7, 11) is 1.63. The summed E-state index contributed by atoms with van der Waals surface area (Å²) in [5.74, 6) is 3.18. The molecule has 0 aliphatic carbocycles. The fourth-order valence-corrected chi connectivity index (χ4v) is 1.87. The van der Waals surface area contributed by atoms with E-state index in [4.69, 9.17) is 9.26 Å². The minimum atomic E-state index is 0.471. The maximum Gasteiger partial charge on any atom is 0.229 e. The van der Waals surface area contributed by atoms with Crippen LogP contribution in [-0.2, 0) is 0 Å². The van der Waals surface area contributed by atoms with Crippen molar-refractivity contribution in [2.24, 2.45) is 0 Å². The van der Waals surface area contributed by atoms with Gasteiger partial charge in [-0.05, 0) is 25.1 Å². The number of ether oxygens (including phenoxy) is 1. The summed E-state index contributed by atoms with van der Waals surface area (Å²) in [6.07, 6.45) is 1.66. The molecule has 2 aromatic heterocycles. The zero-order valence-corrected chi connectivity index (χ0v) is 12.2. The number of nitrogens with zero attached hydrogens (tertiary/aromatic N) is 3. The average Bonchev–Trinajstić information content (AvgIpc) is 2.93. The van der Waals surface area contributed by atoms with Crippen molar-refractivity contribution in [3.05, 3.63) is 48.4 Å². The standard InChI is InChI=1S/C15H15N5O2/c1-10-8-14(20-22-10)18-13-6-7-16-15(19-13)17-11-4-3-5-12(9-11)21-2/h3-9H,1-2H3,(H2,16,17,18,19,20). The van der Waals surface area contributed by atoms with Crippen LogP contribution >= 0.6 is 0 Å². The molecule has 2 N–H and O–H groups in total. The monoisotopic (exact) mass is 297 g/mol. The summed E-state index contributed by atoms with van der Waals surface area (Å²) in [5.41, 5.74) is 0.841. The van der Waals surface area contributed by atoms with Gasteiger partial charge in [-0.15, -0.1) is 0 Å². The van der Waals surface area contributed by atoms with Gasteiger partial charge in [-0.3, -0.25) is 0 Å². The van der Waals surface area contributed by atoms with Gasteiger partial charge in [0.25, 0.3) is 0 Å². The molecule has 0 bridgehead atoms. The first-order chi connectivity index (χ1) is 10.7. The van der Waals surface area contributed by atoms with Gasteiger partial charge in [0, 0.05) is 24.0 Å². The van der Waals surface area contributed by atoms with Crippen LogP contribution in [0.4, 0.5) is 23.3 Å². The molecule has 7 heteroatoms. The van der Waals surface area contributed by atoms with Crippen LogP contribution in [0.2, 0.25) is 0 Å². The Bertz CT molecular complexity index is 772. The number of anilines is 4. The summed E-state index contributed by atoms with van der Waals surface area (Å²) >= 11 is 0. The maximum atomic E-state index is 5.19. The van der Waals surface area contributed by atoms with Crippen molar-refractivity contribution >= 4 is 23.3 Å². The number of methoxy groups -OCH3 is 1. The Morgan fingerprint density at radius 3 is 2.77 bits per heavy atom. The van der Waals surface area contributed by atoms with Crippen LogP contribution in [0.3, 0.4) is 0 Å². The topological polar surface area (TPSA) is 85.1 Å². The Morgan fingerprint density at radius 2 is 2.00 bits per heavy atom. The number of nitrogens with one attached hydrogen (secondary N) is 2. The quantitative estimate of drug-likeness (QED) is 0.747. The highest BCUT2D eigenvalue weighted by atomic mass is 16.5. The highest BCUT2D eigenvalue weighted by Gasteiger charge is 2.04. The average molecular weight is 297 g/mol. The van der Waals surface area contributed by atoms with Crippen molar-refractivity contribution in [1.29, 1.82) is 0 Å². The third-order valence-corrected chi connectivity index (χ3v) is 2.87. The molecule has 0 radical (unpaired) electrons. The van der Waals surface area contributed by atoms with E-state index in [9.17, 15) is 0 Å². The number of aryl methyl sites for hydroxylation is 1. The van der Waals surface area contributed by atoms with Gasteiger partial charge in [0.15, 0.2) is 5.82 Å². The Morgan fingerprint density at radius 1 is 1.09 bits per heavy atom. The fourth-order valence-electron chi connectivity index (χ4n) is 1.87. The van der Waals surface area contributed by atoms with Crippen LogP contribution in [0, 0.1) is 6.92 Å². The molecule has 0 fully saturated rings. The second-order valence-electron chi connectivity index (χ2n) is 4.57. The molecule has 0 atom stereocenters. The molecule has 7 nitrogen and oxygen atoms in total. The van der Waals surface area contributed by atoms with E-state index in [1.807, 2.05) is 31.2 Å². The van der Waals surface area contributed by atoms with E-state index in [0.717, 1.165) is 17.2 Å². The SMILES string of the molecule is COc1cccc(Nc2nccc(Nc3cc(C)on3)n2)c1. The molecule has 0 saturated heterocycles. The molecule has 112 valence electrons. The van der Waals surface area contributed by atoms with Crippen LogP contribution in [0.5, 0.6) is 5.75 Å². The van der Waals surface area contributed by atoms with Crippen molar-refractivity contribution in [2.75, 3.05) is 17.7 Å². The van der Waals surface area contributed by atoms with Crippen molar-refractivity contribution in [3.63, 3.8) is 0 Å². The molecule has 22 heavy (non-hydrogen) atoms. The predicted molar refractivity (Wildman–Crippen MR) is 82.8 cm³/mol. The van der Waals surface area contributed by atoms with Gasteiger partial charge < -0.3 is 19.9 Å². The van der Waals surface area contributed by atoms with E-state index in [0.29, 0.717) is 17.6 Å². The van der Waals surface area contributed by atoms with E-state index in [1.54, 1.807) is 25.4 Å². The van der Waals surface area contributed by atoms with Crippen molar-refractivity contribution in [2.45, 2.75) is 6.92 Å². The lowest BCUT2D eigenvalue weighted by atomic mass is 10.3. The first-order valence-electron chi connectivity index (χ1n) is 6.67. The van der Waals surface area contributed by atoms with Crippen LogP contribution in [0.1, 0.15) is 5.76 Å². The first-order valence-corrected chi connectivity index (χ1v) is 6.67. The molecule has 1 aromatic carbocycles. The minimum Gasteiger partial charge on any atom is -0.497 e. The number of aromatic nitrogens is 3. The van der Waals surface area contributed by atoms with Gasteiger partial charge in [-0.2, -0.15) is 4.98 Å². The van der Waals surface area contributed by atoms with Crippen molar-refractivity contribution < 1.29 is 9.26 Å². The lowest BCUT2D eigenvalue weighted by molar-refractivity contribution is 0.400. The highest BCUT2D eigenvalue weighted by molar-refractivity contribution is 5.58. The smallest absolute Gasteiger partial charge is 0.229 e. The van der Waals surface area contributed by atoms with E-state index < -0.39 is 0 Å². The van der Waals surface area contributed by atoms with E-state index >= 15 is 0 Å². The Hall–Kier alpha value is -3.09. The summed E-state index contributed by atoms with van der Waals surface area (Å²) < 4.78 is 10.2. The molecular weight excluding hydrogens is 282 g/mol. The lowest BCUT2D eigenvalue weighted by Gasteiger charge is -2.08. The van der Waals surface area contributed by atoms with Gasteiger partial charge in [0.1, 0.15) is 17.3 Å². The van der Waals surface area contributed by atoms with E-state index in [2.05, 4.69) is 25.8 Å². The van der Waals surface area contributed by atoms with Crippen molar-refractivity contribution in [1.82, 2.24) is 15.1 Å². The zero-order chi connectivity index (χ0) is 15.4. The van der Waals surface area contributed by atoms with Crippen LogP contribution in [0.15, 0.2) is 47.1 Å². The molecule has 0 aliphatic rings. The molecule has 0 spiro atoms. The minimum absolute atomic E-state index is 0.471. The van der Waals surface area contributed by atoms with E-state index in [1.165, 1.54) is 0 Å². The zero-order valence-electron chi connectivity index (χ0n) is 12.2. The molecule has 0 aliphatic heterocycles. The summed E-state index contributed by atoms with van der Waals surface area (Å²) in [6.45, 7) is 1.83. The van der Waals surface area contributed by atoms with Gasteiger partial charge >= 0.3 is 0 Å². The molecule has 0 amide bonds. The van der Waals surface area contributed by atoms with Gasteiger partial charge in [-0.25, -0.2) is 4.98 Å². The Balaban J connectivity index is 1.75. The summed E-state index contributed by atoms with van der Waals surface area (Å²) in [6, 6.07) is 11.1. The van der Waals surface area contributed by atoms with Gasteiger partial charge in [0.05, 0.1) is 7.11 Å². The number of benzene rings is 1. The fraction of sp³-hybridized carbons (Fsp3) is 0.133. The number of hydrogen-bond acceptors (Lipinski definition) is 7. The molecule has 0 saturated carbocycles.